The van der Waals surface area contributed by atoms with Crippen LogP contribution in [0.5, 0.6) is 0 Å². The standard InChI is InChI=1S/C57H35N5/c1-57(2)46-19-9-5-15-39(46)43-25-26-44-42-18-8-12-22-49(42)62(56(44)55(43)57)53-30-35(32-58)52(29-36(53)33-59)61-50-28-24-37(31-45(50)54-38-14-4-3-13-34(38)23-27-51(54)61)60-47-20-10-6-16-40(47)41-17-7-11-21-48(41)60/h3-31H,1-2H3. The zero-order valence-electron chi connectivity index (χ0n) is 34.0. The second-order valence-corrected chi connectivity index (χ2v) is 17.1. The quantitative estimate of drug-likeness (QED) is 0.179. The van der Waals surface area contributed by atoms with Gasteiger partial charge >= 0.3 is 0 Å². The van der Waals surface area contributed by atoms with Crippen LogP contribution in [0.15, 0.2) is 176 Å². The molecule has 288 valence electrons. The van der Waals surface area contributed by atoms with E-state index in [9.17, 15) is 10.5 Å². The Kier molecular flexibility index (Phi) is 6.86. The van der Waals surface area contributed by atoms with Crippen LogP contribution in [0.2, 0.25) is 0 Å². The van der Waals surface area contributed by atoms with Gasteiger partial charge in [-0.05, 0) is 87.6 Å². The van der Waals surface area contributed by atoms with Crippen LogP contribution in [0.4, 0.5) is 0 Å². The topological polar surface area (TPSA) is 62.4 Å². The first-order chi connectivity index (χ1) is 30.5. The van der Waals surface area contributed by atoms with E-state index < -0.39 is 0 Å². The monoisotopic (exact) mass is 789 g/mol. The lowest BCUT2D eigenvalue weighted by Crippen LogP contribution is -2.16. The summed E-state index contributed by atoms with van der Waals surface area (Å²) in [5.74, 6) is 0. The van der Waals surface area contributed by atoms with Gasteiger partial charge in [-0.2, -0.15) is 10.5 Å². The first-order valence-corrected chi connectivity index (χ1v) is 21.1. The van der Waals surface area contributed by atoms with E-state index in [4.69, 9.17) is 0 Å². The minimum absolute atomic E-state index is 0.299. The fourth-order valence-corrected chi connectivity index (χ4v) is 11.1. The summed E-state index contributed by atoms with van der Waals surface area (Å²) in [7, 11) is 0. The van der Waals surface area contributed by atoms with Crippen LogP contribution in [-0.2, 0) is 5.41 Å². The maximum absolute atomic E-state index is 11.2. The lowest BCUT2D eigenvalue weighted by atomic mass is 9.81. The molecule has 0 fully saturated rings. The molecule has 5 nitrogen and oxygen atoms in total. The van der Waals surface area contributed by atoms with Gasteiger partial charge in [0.1, 0.15) is 12.1 Å². The zero-order chi connectivity index (χ0) is 41.4. The molecule has 12 aromatic rings. The summed E-state index contributed by atoms with van der Waals surface area (Å²) in [5, 5.41) is 31.5. The normalized spacial score (nSPS) is 13.1. The highest BCUT2D eigenvalue weighted by Crippen LogP contribution is 2.53. The average Bonchev–Trinajstić information content (AvgIpc) is 4.02. The summed E-state index contributed by atoms with van der Waals surface area (Å²) in [6.07, 6.45) is 0. The Morgan fingerprint density at radius 3 is 1.66 bits per heavy atom. The lowest BCUT2D eigenvalue weighted by Gasteiger charge is -2.24. The predicted molar refractivity (Wildman–Crippen MR) is 254 cm³/mol. The van der Waals surface area contributed by atoms with Gasteiger partial charge < -0.3 is 13.7 Å². The van der Waals surface area contributed by atoms with Crippen molar-refractivity contribution in [2.45, 2.75) is 19.3 Å². The van der Waals surface area contributed by atoms with E-state index in [1.165, 1.54) is 33.0 Å². The Bertz CT molecular complexity index is 3990. The minimum atomic E-state index is -0.299. The van der Waals surface area contributed by atoms with Crippen LogP contribution in [0.1, 0.15) is 36.1 Å². The van der Waals surface area contributed by atoms with Crippen LogP contribution in [0.3, 0.4) is 0 Å². The molecule has 0 saturated carbocycles. The molecule has 0 unspecified atom stereocenters. The summed E-state index contributed by atoms with van der Waals surface area (Å²) in [6.45, 7) is 4.60. The van der Waals surface area contributed by atoms with Crippen molar-refractivity contribution >= 4 is 76.2 Å². The smallest absolute Gasteiger partial charge is 0.101 e. The third-order valence-corrected chi connectivity index (χ3v) is 13.7. The van der Waals surface area contributed by atoms with Gasteiger partial charge in [-0.25, -0.2) is 0 Å². The molecule has 3 heterocycles. The molecule has 3 aromatic heterocycles. The van der Waals surface area contributed by atoms with Crippen molar-refractivity contribution in [2.24, 2.45) is 0 Å². The second-order valence-electron chi connectivity index (χ2n) is 17.1. The van der Waals surface area contributed by atoms with Crippen molar-refractivity contribution in [3.63, 3.8) is 0 Å². The number of fused-ring (bicyclic) bond motifs is 15. The molecule has 13 rings (SSSR count). The summed E-state index contributed by atoms with van der Waals surface area (Å²) in [4.78, 5) is 0. The molecule has 0 atom stereocenters. The van der Waals surface area contributed by atoms with Crippen molar-refractivity contribution in [3.05, 3.63) is 198 Å². The molecule has 9 aromatic carbocycles. The van der Waals surface area contributed by atoms with Crippen molar-refractivity contribution in [1.29, 1.82) is 10.5 Å². The molecule has 0 aliphatic heterocycles. The van der Waals surface area contributed by atoms with Gasteiger partial charge in [0.25, 0.3) is 0 Å². The fraction of sp³-hybridized carbons (Fsp3) is 0.0526. The van der Waals surface area contributed by atoms with E-state index in [1.807, 2.05) is 12.1 Å². The summed E-state index contributed by atoms with van der Waals surface area (Å²) >= 11 is 0. The van der Waals surface area contributed by atoms with Gasteiger partial charge in [-0.1, -0.05) is 135 Å². The molecule has 0 bridgehead atoms. The number of hydrogen-bond donors (Lipinski definition) is 0. The van der Waals surface area contributed by atoms with E-state index in [0.29, 0.717) is 22.5 Å². The summed E-state index contributed by atoms with van der Waals surface area (Å²) < 4.78 is 6.79. The highest BCUT2D eigenvalue weighted by Gasteiger charge is 2.38. The van der Waals surface area contributed by atoms with Crippen LogP contribution in [0.25, 0.3) is 104 Å². The third-order valence-electron chi connectivity index (χ3n) is 13.7. The Hall–Kier alpha value is -8.38. The number of rotatable bonds is 3. The van der Waals surface area contributed by atoms with Gasteiger partial charge in [-0.15, -0.1) is 0 Å². The molecular formula is C57H35N5. The molecule has 1 aliphatic rings. The van der Waals surface area contributed by atoms with Crippen LogP contribution in [-0.4, -0.2) is 13.7 Å². The molecule has 0 N–H and O–H groups in total. The number of para-hydroxylation sites is 3. The number of nitrogens with zero attached hydrogens (tertiary/aromatic N) is 5. The van der Waals surface area contributed by atoms with E-state index in [1.54, 1.807) is 0 Å². The van der Waals surface area contributed by atoms with Gasteiger partial charge in [0.2, 0.25) is 0 Å². The van der Waals surface area contributed by atoms with Crippen LogP contribution < -0.4 is 0 Å². The van der Waals surface area contributed by atoms with Crippen molar-refractivity contribution < 1.29 is 0 Å². The first kappa shape index (κ1) is 34.5. The first-order valence-electron chi connectivity index (χ1n) is 21.1. The number of benzene rings is 9. The van der Waals surface area contributed by atoms with Gasteiger partial charge in [-0.3, -0.25) is 0 Å². The van der Waals surface area contributed by atoms with Crippen LogP contribution >= 0.6 is 0 Å². The highest BCUT2D eigenvalue weighted by molar-refractivity contribution is 6.22. The Labute approximate surface area is 356 Å². The molecule has 0 spiro atoms. The third kappa shape index (κ3) is 4.39. The molecular weight excluding hydrogens is 755 g/mol. The SMILES string of the molecule is CC1(C)c2ccccc2-c2ccc3c4ccccc4n(-c4cc(C#N)c(-n5c6ccc(-n7c8ccccc8c8ccccc87)cc6c6c7ccccc7ccc65)cc4C#N)c3c21. The van der Waals surface area contributed by atoms with Gasteiger partial charge in [0, 0.05) is 43.4 Å². The van der Waals surface area contributed by atoms with Crippen LogP contribution in [0, 0.1) is 22.7 Å². The minimum Gasteiger partial charge on any atom is -0.309 e. The van der Waals surface area contributed by atoms with Gasteiger partial charge in [0.05, 0.1) is 55.6 Å². The van der Waals surface area contributed by atoms with E-state index in [-0.39, 0.29) is 5.41 Å². The molecule has 5 heteroatoms. The van der Waals surface area contributed by atoms with Crippen molar-refractivity contribution in [1.82, 2.24) is 13.7 Å². The maximum atomic E-state index is 11.2. The lowest BCUT2D eigenvalue weighted by molar-refractivity contribution is 0.664. The van der Waals surface area contributed by atoms with Gasteiger partial charge in [0.15, 0.2) is 0 Å². The van der Waals surface area contributed by atoms with E-state index in [0.717, 1.165) is 71.1 Å². The second kappa shape index (κ2) is 12.3. The summed E-state index contributed by atoms with van der Waals surface area (Å²) in [5.41, 5.74) is 14.3. The van der Waals surface area contributed by atoms with E-state index >= 15 is 0 Å². The fourth-order valence-electron chi connectivity index (χ4n) is 11.1. The average molecular weight is 790 g/mol. The largest absolute Gasteiger partial charge is 0.309 e. The number of nitriles is 2. The Morgan fingerprint density at radius 2 is 0.968 bits per heavy atom. The number of aromatic nitrogens is 3. The summed E-state index contributed by atoms with van der Waals surface area (Å²) in [6, 6.07) is 67.3. The maximum Gasteiger partial charge on any atom is 0.101 e. The molecule has 1 aliphatic carbocycles. The Balaban J connectivity index is 1.11. The van der Waals surface area contributed by atoms with Crippen molar-refractivity contribution in [2.75, 3.05) is 0 Å². The highest BCUT2D eigenvalue weighted by atomic mass is 15.0. The molecule has 0 saturated heterocycles. The zero-order valence-corrected chi connectivity index (χ0v) is 34.0. The number of hydrogen-bond acceptors (Lipinski definition) is 2. The molecule has 0 amide bonds. The predicted octanol–water partition coefficient (Wildman–Crippen LogP) is 14.2. The Morgan fingerprint density at radius 1 is 0.419 bits per heavy atom. The molecule has 0 radical (unpaired) electrons. The molecule has 62 heavy (non-hydrogen) atoms. The van der Waals surface area contributed by atoms with E-state index in [2.05, 4.69) is 203 Å². The van der Waals surface area contributed by atoms with Crippen molar-refractivity contribution in [3.8, 4) is 40.3 Å².